The van der Waals surface area contributed by atoms with Crippen molar-refractivity contribution >= 4 is 23.1 Å². The number of hydrogen-bond donors (Lipinski definition) is 1. The predicted octanol–water partition coefficient (Wildman–Crippen LogP) is 2.54. The second-order valence-corrected chi connectivity index (χ2v) is 4.48. The molecule has 0 atom stereocenters. The maximum absolute atomic E-state index is 5.92. The maximum atomic E-state index is 5.92. The summed E-state index contributed by atoms with van der Waals surface area (Å²) >= 11 is 5.92. The molecule has 0 unspecified atom stereocenters. The molecule has 3 aromatic rings. The second kappa shape index (κ2) is 4.78. The molecule has 0 aliphatic carbocycles. The third-order valence-corrected chi connectivity index (χ3v) is 2.86. The number of nitrogens with two attached hydrogens (primary N) is 1. The largest absolute Gasteiger partial charge is 0.470 e. The van der Waals surface area contributed by atoms with Gasteiger partial charge in [0.1, 0.15) is 12.4 Å². The number of ether oxygens (including phenoxy) is 1. The van der Waals surface area contributed by atoms with Gasteiger partial charge in [-0.25, -0.2) is 4.98 Å². The third-order valence-electron chi connectivity index (χ3n) is 2.63. The van der Waals surface area contributed by atoms with Crippen LogP contribution in [0.15, 0.2) is 42.9 Å². The summed E-state index contributed by atoms with van der Waals surface area (Å²) in [5, 5.41) is 0.674. The number of benzene rings is 1. The molecule has 2 aromatic heterocycles. The van der Waals surface area contributed by atoms with Crippen LogP contribution in [0.4, 0.5) is 5.82 Å². The number of rotatable bonds is 3. The Kier molecular flexibility index (Phi) is 2.97. The molecule has 0 aliphatic rings. The van der Waals surface area contributed by atoms with Gasteiger partial charge in [0.25, 0.3) is 5.88 Å². The molecule has 3 rings (SSSR count). The summed E-state index contributed by atoms with van der Waals surface area (Å²) in [5.41, 5.74) is 7.31. The van der Waals surface area contributed by atoms with Crippen LogP contribution in [-0.4, -0.2) is 14.4 Å². The molecule has 6 heteroatoms. The van der Waals surface area contributed by atoms with E-state index in [1.807, 2.05) is 24.3 Å². The minimum atomic E-state index is 0.361. The van der Waals surface area contributed by atoms with Crippen molar-refractivity contribution in [3.63, 3.8) is 0 Å². The number of fused-ring (bicyclic) bond motifs is 1. The van der Waals surface area contributed by atoms with Crippen molar-refractivity contribution in [1.29, 1.82) is 0 Å². The summed E-state index contributed by atoms with van der Waals surface area (Å²) in [7, 11) is 0. The van der Waals surface area contributed by atoms with Crippen LogP contribution in [0.25, 0.3) is 5.65 Å². The molecule has 0 bridgehead atoms. The van der Waals surface area contributed by atoms with Gasteiger partial charge in [0.05, 0.1) is 6.20 Å². The molecule has 0 saturated heterocycles. The van der Waals surface area contributed by atoms with E-state index in [9.17, 15) is 0 Å². The Morgan fingerprint density at radius 3 is 3.11 bits per heavy atom. The SMILES string of the molecule is Nc1cn2ccnc2c(OCc2cccc(Cl)c2)n1. The van der Waals surface area contributed by atoms with Gasteiger partial charge in [-0.15, -0.1) is 0 Å². The lowest BCUT2D eigenvalue weighted by Gasteiger charge is -2.07. The van der Waals surface area contributed by atoms with Gasteiger partial charge < -0.3 is 10.5 Å². The van der Waals surface area contributed by atoms with Crippen LogP contribution in [0.2, 0.25) is 5.02 Å². The van der Waals surface area contributed by atoms with Crippen LogP contribution in [-0.2, 0) is 6.61 Å². The Labute approximate surface area is 114 Å². The first-order valence-electron chi connectivity index (χ1n) is 5.69. The van der Waals surface area contributed by atoms with Gasteiger partial charge in [-0.2, -0.15) is 4.98 Å². The summed E-state index contributed by atoms with van der Waals surface area (Å²) in [6.07, 6.45) is 5.15. The van der Waals surface area contributed by atoms with Gasteiger partial charge in [0.2, 0.25) is 5.65 Å². The third kappa shape index (κ3) is 2.46. The first-order chi connectivity index (χ1) is 9.22. The normalized spacial score (nSPS) is 10.8. The molecule has 0 aliphatic heterocycles. The highest BCUT2D eigenvalue weighted by Gasteiger charge is 2.07. The summed E-state index contributed by atoms with van der Waals surface area (Å²) in [5.74, 6) is 0.788. The highest BCUT2D eigenvalue weighted by atomic mass is 35.5. The van der Waals surface area contributed by atoms with E-state index in [1.165, 1.54) is 0 Å². The Balaban J connectivity index is 1.87. The smallest absolute Gasteiger partial charge is 0.260 e. The molecule has 0 radical (unpaired) electrons. The van der Waals surface area contributed by atoms with E-state index in [1.54, 1.807) is 23.0 Å². The Hall–Kier alpha value is -2.27. The number of nitrogen functional groups attached to an aromatic ring is 1. The fourth-order valence-corrected chi connectivity index (χ4v) is 2.01. The fourth-order valence-electron chi connectivity index (χ4n) is 1.80. The average Bonchev–Trinajstić information content (AvgIpc) is 2.84. The van der Waals surface area contributed by atoms with Gasteiger partial charge in [0.15, 0.2) is 0 Å². The number of aromatic nitrogens is 3. The van der Waals surface area contributed by atoms with Gasteiger partial charge in [-0.1, -0.05) is 23.7 Å². The lowest BCUT2D eigenvalue weighted by molar-refractivity contribution is 0.296. The Morgan fingerprint density at radius 2 is 2.26 bits per heavy atom. The van der Waals surface area contributed by atoms with Crippen LogP contribution in [0.1, 0.15) is 5.56 Å². The topological polar surface area (TPSA) is 65.4 Å². The summed E-state index contributed by atoms with van der Waals surface area (Å²) < 4.78 is 7.44. The molecule has 0 saturated carbocycles. The number of anilines is 1. The Bertz CT molecular complexity index is 725. The highest BCUT2D eigenvalue weighted by Crippen LogP contribution is 2.19. The first kappa shape index (κ1) is 11.8. The van der Waals surface area contributed by atoms with Crippen LogP contribution < -0.4 is 10.5 Å². The Morgan fingerprint density at radius 1 is 1.37 bits per heavy atom. The summed E-state index contributed by atoms with van der Waals surface area (Å²) in [6, 6.07) is 7.47. The molecular formula is C13H11ClN4O. The van der Waals surface area contributed by atoms with Gasteiger partial charge in [-0.05, 0) is 17.7 Å². The van der Waals surface area contributed by atoms with Crippen molar-refractivity contribution in [3.05, 3.63) is 53.4 Å². The van der Waals surface area contributed by atoms with Crippen LogP contribution >= 0.6 is 11.6 Å². The molecule has 19 heavy (non-hydrogen) atoms. The van der Waals surface area contributed by atoms with Crippen LogP contribution in [0.3, 0.4) is 0 Å². The molecular weight excluding hydrogens is 264 g/mol. The summed E-state index contributed by atoms with van der Waals surface area (Å²) in [6.45, 7) is 0.361. The zero-order valence-corrected chi connectivity index (χ0v) is 10.7. The van der Waals surface area contributed by atoms with Crippen molar-refractivity contribution in [2.45, 2.75) is 6.61 Å². The minimum Gasteiger partial charge on any atom is -0.470 e. The maximum Gasteiger partial charge on any atom is 0.260 e. The van der Waals surface area contributed by atoms with Gasteiger partial charge >= 0.3 is 0 Å². The number of nitrogens with zero attached hydrogens (tertiary/aromatic N) is 3. The van der Waals surface area contributed by atoms with E-state index >= 15 is 0 Å². The number of hydrogen-bond acceptors (Lipinski definition) is 4. The van der Waals surface area contributed by atoms with Crippen LogP contribution in [0.5, 0.6) is 5.88 Å². The predicted molar refractivity (Wildman–Crippen MR) is 73.2 cm³/mol. The van der Waals surface area contributed by atoms with Crippen LogP contribution in [0, 0.1) is 0 Å². The fraction of sp³-hybridized carbons (Fsp3) is 0.0769. The lowest BCUT2D eigenvalue weighted by Crippen LogP contribution is -2.02. The summed E-state index contributed by atoms with van der Waals surface area (Å²) in [4.78, 5) is 8.33. The second-order valence-electron chi connectivity index (χ2n) is 4.05. The lowest BCUT2D eigenvalue weighted by atomic mass is 10.2. The molecule has 0 fully saturated rings. The van der Waals surface area contributed by atoms with Crippen molar-refractivity contribution in [2.24, 2.45) is 0 Å². The first-order valence-corrected chi connectivity index (χ1v) is 6.06. The van der Waals surface area contributed by atoms with E-state index in [0.29, 0.717) is 29.0 Å². The van der Waals surface area contributed by atoms with Crippen molar-refractivity contribution in [3.8, 4) is 5.88 Å². The average molecular weight is 275 g/mol. The van der Waals surface area contributed by atoms with E-state index in [-0.39, 0.29) is 0 Å². The molecule has 5 nitrogen and oxygen atoms in total. The van der Waals surface area contributed by atoms with Crippen molar-refractivity contribution in [1.82, 2.24) is 14.4 Å². The number of halogens is 1. The zero-order chi connectivity index (χ0) is 13.2. The van der Waals surface area contributed by atoms with Gasteiger partial charge in [-0.3, -0.25) is 4.40 Å². The minimum absolute atomic E-state index is 0.361. The molecule has 0 spiro atoms. The van der Waals surface area contributed by atoms with E-state index < -0.39 is 0 Å². The quantitative estimate of drug-likeness (QED) is 0.797. The highest BCUT2D eigenvalue weighted by molar-refractivity contribution is 6.30. The van der Waals surface area contributed by atoms with Crippen molar-refractivity contribution < 1.29 is 4.74 Å². The zero-order valence-electron chi connectivity index (χ0n) is 9.95. The molecule has 2 N–H and O–H groups in total. The van der Waals surface area contributed by atoms with Crippen molar-refractivity contribution in [2.75, 3.05) is 5.73 Å². The molecule has 2 heterocycles. The number of imidazole rings is 1. The molecule has 0 amide bonds. The standard InChI is InChI=1S/C13H11ClN4O/c14-10-3-1-2-9(6-10)8-19-13-12-16-4-5-18(12)7-11(15)17-13/h1-7H,8,15H2. The van der Waals surface area contributed by atoms with E-state index in [0.717, 1.165) is 5.56 Å². The molecule has 1 aromatic carbocycles. The van der Waals surface area contributed by atoms with E-state index in [4.69, 9.17) is 22.1 Å². The monoisotopic (exact) mass is 274 g/mol. The van der Waals surface area contributed by atoms with E-state index in [2.05, 4.69) is 9.97 Å². The molecule has 96 valence electrons. The van der Waals surface area contributed by atoms with Gasteiger partial charge in [0, 0.05) is 17.4 Å².